The summed E-state index contributed by atoms with van der Waals surface area (Å²) in [5.74, 6) is 0.704. The summed E-state index contributed by atoms with van der Waals surface area (Å²) in [6.45, 7) is 0.718. The average molecular weight is 250 g/mol. The molecule has 2 aromatic carbocycles. The summed E-state index contributed by atoms with van der Waals surface area (Å²) in [6.07, 6.45) is 1.74. The molecule has 3 heteroatoms. The van der Waals surface area contributed by atoms with Gasteiger partial charge in [-0.2, -0.15) is 0 Å². The van der Waals surface area contributed by atoms with Crippen LogP contribution in [-0.4, -0.2) is 5.16 Å². The first kappa shape index (κ1) is 11.5. The maximum atomic E-state index is 5.28. The molecule has 0 amide bonds. The van der Waals surface area contributed by atoms with Crippen molar-refractivity contribution in [3.05, 3.63) is 72.4 Å². The van der Waals surface area contributed by atoms with Crippen LogP contribution in [0.15, 0.2) is 71.4 Å². The van der Waals surface area contributed by atoms with Crippen LogP contribution in [0.3, 0.4) is 0 Å². The van der Waals surface area contributed by atoms with Crippen molar-refractivity contribution in [3.8, 4) is 11.1 Å². The molecule has 0 fully saturated rings. The summed E-state index contributed by atoms with van der Waals surface area (Å²) in [5, 5.41) is 7.15. The Labute approximate surface area is 111 Å². The molecule has 0 bridgehead atoms. The molecule has 0 atom stereocenters. The minimum Gasteiger partial charge on any atom is -0.349 e. The van der Waals surface area contributed by atoms with E-state index in [4.69, 9.17) is 4.52 Å². The molecule has 0 unspecified atom stereocenters. The van der Waals surface area contributed by atoms with Crippen LogP contribution >= 0.6 is 0 Å². The van der Waals surface area contributed by atoms with Crippen molar-refractivity contribution in [2.24, 2.45) is 0 Å². The lowest BCUT2D eigenvalue weighted by molar-refractivity contribution is 0.432. The molecular formula is C16H14N2O. The van der Waals surface area contributed by atoms with Crippen molar-refractivity contribution < 1.29 is 4.52 Å². The number of benzene rings is 2. The molecule has 1 N–H and O–H groups in total. The minimum absolute atomic E-state index is 0.704. The molecule has 19 heavy (non-hydrogen) atoms. The molecular weight excluding hydrogens is 236 g/mol. The van der Waals surface area contributed by atoms with Gasteiger partial charge in [-0.3, -0.25) is 0 Å². The molecule has 0 saturated carbocycles. The second-order valence-corrected chi connectivity index (χ2v) is 4.27. The highest BCUT2D eigenvalue weighted by atomic mass is 16.5. The van der Waals surface area contributed by atoms with Gasteiger partial charge in [0.25, 0.3) is 0 Å². The van der Waals surface area contributed by atoms with Crippen LogP contribution in [0.5, 0.6) is 0 Å². The van der Waals surface area contributed by atoms with E-state index in [2.05, 4.69) is 22.6 Å². The lowest BCUT2D eigenvalue weighted by atomic mass is 10.1. The van der Waals surface area contributed by atoms with Crippen molar-refractivity contribution in [2.75, 3.05) is 5.32 Å². The standard InChI is InChI=1S/C16H14N2O/c1-3-7-13(8-4-1)11-17-16-15(12-18-19-16)14-9-5-2-6-10-14/h1-10,12,17H,11H2. The third kappa shape index (κ3) is 2.65. The Hall–Kier alpha value is -2.55. The summed E-state index contributed by atoms with van der Waals surface area (Å²) >= 11 is 0. The van der Waals surface area contributed by atoms with E-state index in [0.717, 1.165) is 17.7 Å². The molecule has 0 saturated heterocycles. The lowest BCUT2D eigenvalue weighted by Crippen LogP contribution is -1.98. The summed E-state index contributed by atoms with van der Waals surface area (Å²) in [4.78, 5) is 0. The maximum Gasteiger partial charge on any atom is 0.232 e. The Morgan fingerprint density at radius 1 is 0.895 bits per heavy atom. The normalized spacial score (nSPS) is 10.3. The lowest BCUT2D eigenvalue weighted by Gasteiger charge is -2.05. The molecule has 0 radical (unpaired) electrons. The van der Waals surface area contributed by atoms with Crippen molar-refractivity contribution >= 4 is 5.88 Å². The predicted molar refractivity (Wildman–Crippen MR) is 75.7 cm³/mol. The first-order valence-corrected chi connectivity index (χ1v) is 6.21. The number of hydrogen-bond donors (Lipinski definition) is 1. The number of nitrogens with zero attached hydrogens (tertiary/aromatic N) is 1. The van der Waals surface area contributed by atoms with Crippen LogP contribution in [0.25, 0.3) is 11.1 Å². The highest BCUT2D eigenvalue weighted by Gasteiger charge is 2.09. The molecule has 3 aromatic rings. The van der Waals surface area contributed by atoms with E-state index in [-0.39, 0.29) is 0 Å². The number of nitrogens with one attached hydrogen (secondary N) is 1. The second kappa shape index (κ2) is 5.40. The zero-order valence-corrected chi connectivity index (χ0v) is 10.4. The van der Waals surface area contributed by atoms with Gasteiger partial charge in [-0.1, -0.05) is 65.8 Å². The third-order valence-electron chi connectivity index (χ3n) is 2.95. The highest BCUT2D eigenvalue weighted by molar-refractivity contribution is 5.73. The summed E-state index contributed by atoms with van der Waals surface area (Å²) in [6, 6.07) is 20.3. The molecule has 3 nitrogen and oxygen atoms in total. The molecule has 0 aliphatic carbocycles. The molecule has 0 aliphatic rings. The minimum atomic E-state index is 0.704. The van der Waals surface area contributed by atoms with Crippen LogP contribution in [-0.2, 0) is 6.54 Å². The number of hydrogen-bond acceptors (Lipinski definition) is 3. The van der Waals surface area contributed by atoms with E-state index >= 15 is 0 Å². The van der Waals surface area contributed by atoms with Crippen molar-refractivity contribution in [2.45, 2.75) is 6.54 Å². The number of aromatic nitrogens is 1. The fourth-order valence-corrected chi connectivity index (χ4v) is 1.97. The van der Waals surface area contributed by atoms with Crippen LogP contribution in [0, 0.1) is 0 Å². The van der Waals surface area contributed by atoms with Gasteiger partial charge in [-0.05, 0) is 11.1 Å². The molecule has 3 rings (SSSR count). The Kier molecular flexibility index (Phi) is 3.28. The average Bonchev–Trinajstić information content (AvgIpc) is 2.95. The van der Waals surface area contributed by atoms with Crippen LogP contribution < -0.4 is 5.32 Å². The van der Waals surface area contributed by atoms with Gasteiger partial charge < -0.3 is 9.84 Å². The summed E-state index contributed by atoms with van der Waals surface area (Å²) in [5.41, 5.74) is 3.29. The van der Waals surface area contributed by atoms with Crippen molar-refractivity contribution in [1.82, 2.24) is 5.16 Å². The molecule has 1 aromatic heterocycles. The Morgan fingerprint density at radius 3 is 2.32 bits per heavy atom. The van der Waals surface area contributed by atoms with Gasteiger partial charge in [-0.15, -0.1) is 0 Å². The van der Waals surface area contributed by atoms with Gasteiger partial charge in [0.1, 0.15) is 0 Å². The fourth-order valence-electron chi connectivity index (χ4n) is 1.97. The van der Waals surface area contributed by atoms with Crippen LogP contribution in [0.4, 0.5) is 5.88 Å². The van der Waals surface area contributed by atoms with Gasteiger partial charge in [-0.25, -0.2) is 0 Å². The Bertz CT molecular complexity index is 632. The first-order valence-electron chi connectivity index (χ1n) is 6.21. The maximum absolute atomic E-state index is 5.28. The van der Waals surface area contributed by atoms with Crippen molar-refractivity contribution in [3.63, 3.8) is 0 Å². The zero-order valence-electron chi connectivity index (χ0n) is 10.4. The van der Waals surface area contributed by atoms with E-state index in [1.54, 1.807) is 6.20 Å². The first-order chi connectivity index (χ1) is 9.43. The van der Waals surface area contributed by atoms with Gasteiger partial charge in [0.15, 0.2) is 0 Å². The smallest absolute Gasteiger partial charge is 0.232 e. The van der Waals surface area contributed by atoms with Gasteiger partial charge in [0, 0.05) is 6.54 Å². The SMILES string of the molecule is c1ccc(CNc2oncc2-c2ccccc2)cc1. The quantitative estimate of drug-likeness (QED) is 0.761. The largest absolute Gasteiger partial charge is 0.349 e. The summed E-state index contributed by atoms with van der Waals surface area (Å²) in [7, 11) is 0. The van der Waals surface area contributed by atoms with E-state index in [9.17, 15) is 0 Å². The molecule has 0 spiro atoms. The van der Waals surface area contributed by atoms with Crippen LogP contribution in [0.1, 0.15) is 5.56 Å². The van der Waals surface area contributed by atoms with E-state index < -0.39 is 0 Å². The van der Waals surface area contributed by atoms with Crippen molar-refractivity contribution in [1.29, 1.82) is 0 Å². The van der Waals surface area contributed by atoms with E-state index in [1.807, 2.05) is 48.5 Å². The topological polar surface area (TPSA) is 38.1 Å². The zero-order chi connectivity index (χ0) is 12.9. The monoisotopic (exact) mass is 250 g/mol. The number of anilines is 1. The van der Waals surface area contributed by atoms with E-state index in [1.165, 1.54) is 5.56 Å². The van der Waals surface area contributed by atoms with E-state index in [0.29, 0.717) is 5.88 Å². The highest BCUT2D eigenvalue weighted by Crippen LogP contribution is 2.27. The fraction of sp³-hybridized carbons (Fsp3) is 0.0625. The van der Waals surface area contributed by atoms with Crippen LogP contribution in [0.2, 0.25) is 0 Å². The van der Waals surface area contributed by atoms with Gasteiger partial charge in [0.2, 0.25) is 5.88 Å². The number of rotatable bonds is 4. The Balaban J connectivity index is 1.78. The molecule has 94 valence electrons. The molecule has 1 heterocycles. The predicted octanol–water partition coefficient (Wildman–Crippen LogP) is 3.95. The molecule has 0 aliphatic heterocycles. The third-order valence-corrected chi connectivity index (χ3v) is 2.95. The Morgan fingerprint density at radius 2 is 1.58 bits per heavy atom. The second-order valence-electron chi connectivity index (χ2n) is 4.27. The van der Waals surface area contributed by atoms with Gasteiger partial charge in [0.05, 0.1) is 11.8 Å². The summed E-state index contributed by atoms with van der Waals surface area (Å²) < 4.78 is 5.28. The van der Waals surface area contributed by atoms with Gasteiger partial charge >= 0.3 is 0 Å².